The lowest BCUT2D eigenvalue weighted by Crippen LogP contribution is -2.64. The molecule has 5 atom stereocenters. The van der Waals surface area contributed by atoms with Crippen LogP contribution in [0.25, 0.3) is 0 Å². The summed E-state index contributed by atoms with van der Waals surface area (Å²) in [6.07, 6.45) is 4.13. The number of amides is 1. The Labute approximate surface area is 184 Å². The number of carbonyl (C=O) groups is 1. The summed E-state index contributed by atoms with van der Waals surface area (Å²) in [5.41, 5.74) is 2.56. The summed E-state index contributed by atoms with van der Waals surface area (Å²) in [4.78, 5) is 18.4. The molecule has 1 saturated carbocycles. The van der Waals surface area contributed by atoms with E-state index >= 15 is 0 Å². The Hall–Kier alpha value is -2.17. The molecule has 3 saturated heterocycles. The van der Waals surface area contributed by atoms with Crippen LogP contribution in [0.5, 0.6) is 0 Å². The van der Waals surface area contributed by atoms with Crippen LogP contribution in [0.3, 0.4) is 0 Å². The molecule has 4 heteroatoms. The Balaban J connectivity index is 1.19. The van der Waals surface area contributed by atoms with E-state index in [0.717, 1.165) is 44.6 Å². The summed E-state index contributed by atoms with van der Waals surface area (Å²) in [5.74, 6) is 1.84. The molecule has 31 heavy (non-hydrogen) atoms. The first-order valence-corrected chi connectivity index (χ1v) is 12.0. The van der Waals surface area contributed by atoms with E-state index < -0.39 is 5.60 Å². The first-order chi connectivity index (χ1) is 15.1. The van der Waals surface area contributed by atoms with Gasteiger partial charge in [0.15, 0.2) is 0 Å². The average molecular weight is 417 g/mol. The number of carbonyl (C=O) groups excluding carboxylic acids is 1. The maximum absolute atomic E-state index is 13.7. The number of aliphatic hydroxyl groups is 1. The normalized spacial score (nSPS) is 34.4. The zero-order chi connectivity index (χ0) is 21.0. The molecule has 2 aromatic rings. The number of aryl methyl sites for hydroxylation is 1. The number of piperidine rings is 2. The molecule has 1 amide bonds. The van der Waals surface area contributed by atoms with E-state index in [9.17, 15) is 9.90 Å². The highest BCUT2D eigenvalue weighted by atomic mass is 16.3. The minimum atomic E-state index is -1.23. The molecule has 5 unspecified atom stereocenters. The van der Waals surface area contributed by atoms with Crippen molar-refractivity contribution in [1.82, 2.24) is 9.80 Å². The van der Waals surface area contributed by atoms with Crippen LogP contribution in [-0.2, 0) is 24.2 Å². The molecule has 3 aliphatic heterocycles. The lowest BCUT2D eigenvalue weighted by atomic mass is 9.66. The molecule has 0 aromatic heterocycles. The largest absolute Gasteiger partial charge is 0.380 e. The standard InChI is InChI=1S/C27H32N2O2/c30-26(27(31)13-12-20-8-4-5-9-21(20)14-27)29-16-22-10-11-25(29)24-18-28(17-23(22)24)15-19-6-2-1-3-7-19/h1-9,22-25,31H,10-18H2. The molecule has 7 rings (SSSR count). The van der Waals surface area contributed by atoms with E-state index in [1.54, 1.807) is 0 Å². The monoisotopic (exact) mass is 416 g/mol. The van der Waals surface area contributed by atoms with Gasteiger partial charge in [-0.1, -0.05) is 54.6 Å². The van der Waals surface area contributed by atoms with Crippen molar-refractivity contribution >= 4 is 5.91 Å². The lowest BCUT2D eigenvalue weighted by Gasteiger charge is -2.53. The summed E-state index contributed by atoms with van der Waals surface area (Å²) >= 11 is 0. The van der Waals surface area contributed by atoms with Gasteiger partial charge in [-0.25, -0.2) is 0 Å². The lowest BCUT2D eigenvalue weighted by molar-refractivity contribution is -0.165. The zero-order valence-corrected chi connectivity index (χ0v) is 18.1. The van der Waals surface area contributed by atoms with Crippen LogP contribution in [0, 0.1) is 17.8 Å². The average Bonchev–Trinajstić information content (AvgIpc) is 3.25. The van der Waals surface area contributed by atoms with E-state index in [-0.39, 0.29) is 5.91 Å². The predicted octanol–water partition coefficient (Wildman–Crippen LogP) is 3.28. The Morgan fingerprint density at radius 1 is 0.935 bits per heavy atom. The number of fused-ring (bicyclic) bond motifs is 3. The fourth-order valence-electron chi connectivity index (χ4n) is 7.03. The molecule has 162 valence electrons. The second kappa shape index (κ2) is 7.46. The number of likely N-dealkylation sites (tertiary alicyclic amines) is 1. The molecule has 3 heterocycles. The van der Waals surface area contributed by atoms with Gasteiger partial charge in [-0.3, -0.25) is 9.69 Å². The highest BCUT2D eigenvalue weighted by Gasteiger charge is 2.55. The molecule has 2 bridgehead atoms. The van der Waals surface area contributed by atoms with Crippen LogP contribution in [0.2, 0.25) is 0 Å². The highest BCUT2D eigenvalue weighted by Crippen LogP contribution is 2.48. The minimum Gasteiger partial charge on any atom is -0.380 e. The molecule has 4 nitrogen and oxygen atoms in total. The predicted molar refractivity (Wildman–Crippen MR) is 120 cm³/mol. The number of rotatable bonds is 3. The van der Waals surface area contributed by atoms with Crippen molar-refractivity contribution in [3.8, 4) is 0 Å². The summed E-state index contributed by atoms with van der Waals surface area (Å²) < 4.78 is 0. The Kier molecular flexibility index (Phi) is 4.69. The smallest absolute Gasteiger partial charge is 0.255 e. The number of benzene rings is 2. The van der Waals surface area contributed by atoms with Crippen molar-refractivity contribution in [2.45, 2.75) is 50.3 Å². The van der Waals surface area contributed by atoms with Gasteiger partial charge in [-0.15, -0.1) is 0 Å². The van der Waals surface area contributed by atoms with Gasteiger partial charge >= 0.3 is 0 Å². The van der Waals surface area contributed by atoms with Crippen molar-refractivity contribution in [3.63, 3.8) is 0 Å². The highest BCUT2D eigenvalue weighted by molar-refractivity contribution is 5.86. The van der Waals surface area contributed by atoms with Crippen molar-refractivity contribution in [1.29, 1.82) is 0 Å². The molecule has 5 aliphatic rings. The summed E-state index contributed by atoms with van der Waals surface area (Å²) in [5, 5.41) is 11.5. The second-order valence-corrected chi connectivity index (χ2v) is 10.3. The Bertz CT molecular complexity index is 976. The number of hydrogen-bond donors (Lipinski definition) is 1. The van der Waals surface area contributed by atoms with E-state index in [0.29, 0.717) is 36.6 Å². The van der Waals surface area contributed by atoms with Crippen LogP contribution < -0.4 is 0 Å². The van der Waals surface area contributed by atoms with Crippen molar-refractivity contribution in [3.05, 3.63) is 71.3 Å². The van der Waals surface area contributed by atoms with Gasteiger partial charge in [-0.05, 0) is 60.1 Å². The molecule has 2 aromatic carbocycles. The first-order valence-electron chi connectivity index (χ1n) is 12.0. The quantitative estimate of drug-likeness (QED) is 0.835. The fraction of sp³-hybridized carbons (Fsp3) is 0.519. The molecule has 0 radical (unpaired) electrons. The molecular formula is C27H32N2O2. The van der Waals surface area contributed by atoms with Gasteiger partial charge in [0.1, 0.15) is 5.60 Å². The summed E-state index contributed by atoms with van der Waals surface area (Å²) in [6.45, 7) is 4.07. The van der Waals surface area contributed by atoms with Crippen molar-refractivity contribution in [2.75, 3.05) is 19.6 Å². The van der Waals surface area contributed by atoms with Crippen molar-refractivity contribution < 1.29 is 9.90 Å². The third-order valence-electron chi connectivity index (χ3n) is 8.57. The molecule has 2 aliphatic carbocycles. The number of hydrogen-bond acceptors (Lipinski definition) is 3. The van der Waals surface area contributed by atoms with Gasteiger partial charge in [0.2, 0.25) is 0 Å². The van der Waals surface area contributed by atoms with E-state index in [1.165, 1.54) is 17.5 Å². The van der Waals surface area contributed by atoms with Gasteiger partial charge < -0.3 is 10.0 Å². The van der Waals surface area contributed by atoms with Gasteiger partial charge in [0.05, 0.1) is 0 Å². The third-order valence-corrected chi connectivity index (χ3v) is 8.57. The molecule has 1 N–H and O–H groups in total. The second-order valence-electron chi connectivity index (χ2n) is 10.3. The Morgan fingerprint density at radius 2 is 1.68 bits per heavy atom. The zero-order valence-electron chi connectivity index (χ0n) is 18.1. The van der Waals surface area contributed by atoms with Gasteiger partial charge in [0, 0.05) is 38.6 Å². The first kappa shape index (κ1) is 19.5. The summed E-state index contributed by atoms with van der Waals surface area (Å²) in [6, 6.07) is 19.3. The topological polar surface area (TPSA) is 43.8 Å². The third kappa shape index (κ3) is 3.32. The van der Waals surface area contributed by atoms with E-state index in [2.05, 4.69) is 58.3 Å². The van der Waals surface area contributed by atoms with E-state index in [4.69, 9.17) is 0 Å². The number of nitrogens with zero attached hydrogens (tertiary/aromatic N) is 2. The van der Waals surface area contributed by atoms with Crippen LogP contribution in [-0.4, -0.2) is 52.1 Å². The van der Waals surface area contributed by atoms with Crippen LogP contribution in [0.1, 0.15) is 36.0 Å². The maximum Gasteiger partial charge on any atom is 0.255 e. The van der Waals surface area contributed by atoms with E-state index in [1.807, 2.05) is 6.07 Å². The van der Waals surface area contributed by atoms with Crippen LogP contribution >= 0.6 is 0 Å². The SMILES string of the molecule is O=C(N1CC2CCC1C1CN(Cc3ccccc3)CC21)C1(O)CCc2ccccc2C1. The molecule has 0 spiro atoms. The minimum absolute atomic E-state index is 0.00309. The Morgan fingerprint density at radius 3 is 2.52 bits per heavy atom. The van der Waals surface area contributed by atoms with Crippen LogP contribution in [0.15, 0.2) is 54.6 Å². The fourth-order valence-corrected chi connectivity index (χ4v) is 7.03. The van der Waals surface area contributed by atoms with Gasteiger partial charge in [0.25, 0.3) is 5.91 Å². The molecular weight excluding hydrogens is 384 g/mol. The summed E-state index contributed by atoms with van der Waals surface area (Å²) in [7, 11) is 0. The van der Waals surface area contributed by atoms with Crippen LogP contribution in [0.4, 0.5) is 0 Å². The van der Waals surface area contributed by atoms with Crippen molar-refractivity contribution in [2.24, 2.45) is 17.8 Å². The maximum atomic E-state index is 13.7. The molecule has 4 fully saturated rings. The van der Waals surface area contributed by atoms with Gasteiger partial charge in [-0.2, -0.15) is 0 Å².